The quantitative estimate of drug-likeness (QED) is 0.409. The molecule has 1 aliphatic rings. The first kappa shape index (κ1) is 27.7. The van der Waals surface area contributed by atoms with Crippen LogP contribution in [0.1, 0.15) is 34.3 Å². The third-order valence-electron chi connectivity index (χ3n) is 5.17. The van der Waals surface area contributed by atoms with E-state index in [1.54, 1.807) is 0 Å². The summed E-state index contributed by atoms with van der Waals surface area (Å²) in [5.41, 5.74) is 0.330. The predicted octanol–water partition coefficient (Wildman–Crippen LogP) is 4.98. The van der Waals surface area contributed by atoms with Gasteiger partial charge in [0.15, 0.2) is 21.4 Å². The fourth-order valence-corrected chi connectivity index (χ4v) is 5.01. The smallest absolute Gasteiger partial charge is 0.344 e. The maximum Gasteiger partial charge on any atom is 0.344 e. The van der Waals surface area contributed by atoms with Gasteiger partial charge in [-0.2, -0.15) is 4.39 Å². The minimum Gasteiger partial charge on any atom is -0.451 e. The second kappa shape index (κ2) is 11.4. The molecule has 194 valence electrons. The summed E-state index contributed by atoms with van der Waals surface area (Å²) in [6.45, 7) is 1.47. The Morgan fingerprint density at radius 1 is 1.19 bits per heavy atom. The highest BCUT2D eigenvalue weighted by Crippen LogP contribution is 2.39. The van der Waals surface area contributed by atoms with Crippen molar-refractivity contribution in [3.63, 3.8) is 0 Å². The van der Waals surface area contributed by atoms with Crippen molar-refractivity contribution >= 4 is 33.2 Å². The average Bonchev–Trinajstić information content (AvgIpc) is 2.80. The lowest BCUT2D eigenvalue weighted by atomic mass is 10.0. The molecule has 36 heavy (non-hydrogen) atoms. The number of hydrogen-bond acceptors (Lipinski definition) is 7. The number of allylic oxidation sites excluding steroid dienone is 1. The molecule has 0 spiro atoms. The highest BCUT2D eigenvalue weighted by Gasteiger charge is 2.32. The Balaban J connectivity index is 1.80. The Labute approximate surface area is 210 Å². The monoisotopic (exact) mass is 546 g/mol. The first-order valence-corrected chi connectivity index (χ1v) is 12.9. The Kier molecular flexibility index (Phi) is 8.80. The number of ether oxygens (including phenoxy) is 3. The number of carbonyl (C=O) groups excluding carboxylic acids is 2. The van der Waals surface area contributed by atoms with Crippen molar-refractivity contribution < 1.29 is 45.4 Å². The van der Waals surface area contributed by atoms with Gasteiger partial charge in [0.05, 0.1) is 17.2 Å². The molecular formula is C24H22ClF3O7S. The van der Waals surface area contributed by atoms with Gasteiger partial charge in [0, 0.05) is 18.8 Å². The Morgan fingerprint density at radius 3 is 2.44 bits per heavy atom. The van der Waals surface area contributed by atoms with Crippen LogP contribution in [0.15, 0.2) is 53.1 Å². The van der Waals surface area contributed by atoms with Gasteiger partial charge in [-0.3, -0.25) is 4.79 Å². The molecule has 0 saturated heterocycles. The first-order valence-electron chi connectivity index (χ1n) is 10.6. The molecule has 0 heterocycles. The lowest BCUT2D eigenvalue weighted by Crippen LogP contribution is -2.27. The van der Waals surface area contributed by atoms with Gasteiger partial charge in [-0.25, -0.2) is 22.0 Å². The maximum atomic E-state index is 13.6. The van der Waals surface area contributed by atoms with Gasteiger partial charge >= 0.3 is 12.4 Å². The zero-order valence-corrected chi connectivity index (χ0v) is 20.7. The molecule has 3 rings (SSSR count). The molecular weight excluding hydrogens is 525 g/mol. The molecule has 0 fully saturated rings. The van der Waals surface area contributed by atoms with Crippen LogP contribution >= 0.6 is 11.6 Å². The molecule has 0 aromatic heterocycles. The molecule has 2 aromatic carbocycles. The molecule has 2 aromatic rings. The van der Waals surface area contributed by atoms with Crippen LogP contribution in [-0.2, 0) is 30.7 Å². The Hall–Kier alpha value is -2.89. The summed E-state index contributed by atoms with van der Waals surface area (Å²) in [6.07, 6.45) is -5.27. The van der Waals surface area contributed by atoms with Crippen LogP contribution in [0.25, 0.3) is 0 Å². The van der Waals surface area contributed by atoms with Gasteiger partial charge in [0.1, 0.15) is 16.8 Å². The molecule has 0 saturated carbocycles. The van der Waals surface area contributed by atoms with E-state index in [0.29, 0.717) is 0 Å². The van der Waals surface area contributed by atoms with Crippen molar-refractivity contribution in [2.75, 3.05) is 6.26 Å². The van der Waals surface area contributed by atoms with Crippen LogP contribution in [-0.4, -0.2) is 45.3 Å². The highest BCUT2D eigenvalue weighted by atomic mass is 35.5. The maximum absolute atomic E-state index is 13.6. The zero-order valence-electron chi connectivity index (χ0n) is 19.2. The number of esters is 1. The molecule has 7 nitrogen and oxygen atoms in total. The standard InChI is InChI=1S/C24H22ClF3O7S/c1-13-10-16(19(25)20(21(13)36(2,31)32)35-23(28)22(26)27)24(30)34-15-8-9-18(17(29)11-15)33-12-14-6-4-3-5-7-14/h3-7,10-11,18,22-23H,8-9,12H2,1-2H3. The molecule has 1 aliphatic carbocycles. The number of halogens is 4. The van der Waals surface area contributed by atoms with Crippen molar-refractivity contribution in [1.29, 1.82) is 0 Å². The van der Waals surface area contributed by atoms with Crippen molar-refractivity contribution in [1.82, 2.24) is 0 Å². The summed E-state index contributed by atoms with van der Waals surface area (Å²) in [7, 11) is -4.11. The van der Waals surface area contributed by atoms with Crippen molar-refractivity contribution in [2.45, 2.75) is 50.2 Å². The summed E-state index contributed by atoms with van der Waals surface area (Å²) in [4.78, 5) is 24.6. The van der Waals surface area contributed by atoms with E-state index in [1.165, 1.54) is 6.92 Å². The zero-order chi connectivity index (χ0) is 26.6. The Bertz CT molecular complexity index is 1280. The van der Waals surface area contributed by atoms with Gasteiger partial charge in [-0.15, -0.1) is 0 Å². The van der Waals surface area contributed by atoms with Crippen molar-refractivity contribution in [2.24, 2.45) is 0 Å². The summed E-state index contributed by atoms with van der Waals surface area (Å²) in [5, 5.41) is -0.721. The largest absolute Gasteiger partial charge is 0.451 e. The molecule has 0 amide bonds. The fourth-order valence-electron chi connectivity index (χ4n) is 3.56. The number of hydrogen-bond donors (Lipinski definition) is 0. The van der Waals surface area contributed by atoms with Crippen LogP contribution in [0.4, 0.5) is 13.2 Å². The van der Waals surface area contributed by atoms with Gasteiger partial charge in [-0.1, -0.05) is 41.9 Å². The number of ketones is 1. The Morgan fingerprint density at radius 2 is 1.86 bits per heavy atom. The minimum atomic E-state index is -4.11. The van der Waals surface area contributed by atoms with Crippen LogP contribution in [0, 0.1) is 6.92 Å². The fraction of sp³-hybridized carbons (Fsp3) is 0.333. The van der Waals surface area contributed by atoms with E-state index in [-0.39, 0.29) is 30.8 Å². The van der Waals surface area contributed by atoms with E-state index in [9.17, 15) is 31.2 Å². The van der Waals surface area contributed by atoms with E-state index in [4.69, 9.17) is 21.1 Å². The van der Waals surface area contributed by atoms with Gasteiger partial charge in [0.2, 0.25) is 0 Å². The highest BCUT2D eigenvalue weighted by molar-refractivity contribution is 7.90. The number of benzene rings is 2. The topological polar surface area (TPSA) is 96.0 Å². The number of alkyl halides is 3. The van der Waals surface area contributed by atoms with Gasteiger partial charge in [0.25, 0.3) is 6.36 Å². The SMILES string of the molecule is Cc1cc(C(=O)OC2=CC(=O)C(OCc3ccccc3)CC2)c(Cl)c(OC(F)C(F)F)c1S(C)(=O)=O. The van der Waals surface area contributed by atoms with Crippen LogP contribution in [0.3, 0.4) is 0 Å². The van der Waals surface area contributed by atoms with E-state index in [2.05, 4.69) is 4.74 Å². The van der Waals surface area contributed by atoms with Crippen molar-refractivity contribution in [3.05, 3.63) is 69.9 Å². The molecule has 0 aliphatic heterocycles. The molecule has 0 radical (unpaired) electrons. The lowest BCUT2D eigenvalue weighted by molar-refractivity contribution is -0.128. The van der Waals surface area contributed by atoms with Crippen LogP contribution in [0.2, 0.25) is 5.02 Å². The lowest BCUT2D eigenvalue weighted by Gasteiger charge is -2.22. The summed E-state index contributed by atoms with van der Waals surface area (Å²) < 4.78 is 78.8. The van der Waals surface area contributed by atoms with E-state index < -0.39 is 61.7 Å². The number of carbonyl (C=O) groups is 2. The second-order valence-electron chi connectivity index (χ2n) is 8.02. The third kappa shape index (κ3) is 6.65. The molecule has 0 bridgehead atoms. The van der Waals surface area contributed by atoms with E-state index in [0.717, 1.165) is 24.0 Å². The molecule has 2 atom stereocenters. The number of sulfone groups is 1. The van der Waals surface area contributed by atoms with Crippen molar-refractivity contribution in [3.8, 4) is 5.75 Å². The van der Waals surface area contributed by atoms with Crippen LogP contribution < -0.4 is 4.74 Å². The molecule has 2 unspecified atom stereocenters. The number of rotatable bonds is 9. The normalized spacial score (nSPS) is 17.0. The molecule has 12 heteroatoms. The average molecular weight is 547 g/mol. The first-order chi connectivity index (χ1) is 16.9. The summed E-state index contributed by atoms with van der Waals surface area (Å²) in [6, 6.07) is 10.3. The summed E-state index contributed by atoms with van der Waals surface area (Å²) >= 11 is 6.10. The number of aryl methyl sites for hydroxylation is 1. The van der Waals surface area contributed by atoms with Gasteiger partial charge in [-0.05, 0) is 30.5 Å². The van der Waals surface area contributed by atoms with E-state index in [1.807, 2.05) is 30.3 Å². The van der Waals surface area contributed by atoms with E-state index >= 15 is 0 Å². The minimum absolute atomic E-state index is 0.00360. The van der Waals surface area contributed by atoms with Crippen LogP contribution in [0.5, 0.6) is 5.75 Å². The molecule has 0 N–H and O–H groups in total. The second-order valence-corrected chi connectivity index (χ2v) is 10.3. The predicted molar refractivity (Wildman–Crippen MR) is 124 cm³/mol. The van der Waals surface area contributed by atoms with Gasteiger partial charge < -0.3 is 14.2 Å². The summed E-state index contributed by atoms with van der Waals surface area (Å²) in [5.74, 6) is -2.45. The third-order valence-corrected chi connectivity index (χ3v) is 6.80.